The Bertz CT molecular complexity index is 374. The van der Waals surface area contributed by atoms with Crippen molar-refractivity contribution in [3.05, 3.63) is 23.9 Å². The molecule has 4 nitrogen and oxygen atoms in total. The summed E-state index contributed by atoms with van der Waals surface area (Å²) < 4.78 is 5.37. The van der Waals surface area contributed by atoms with Gasteiger partial charge in [-0.05, 0) is 39.8 Å². The minimum Gasteiger partial charge on any atom is -0.380 e. The molecule has 4 heteroatoms. The zero-order chi connectivity index (χ0) is 14.3. The summed E-state index contributed by atoms with van der Waals surface area (Å²) in [5.41, 5.74) is 1.18. The molecule has 0 saturated heterocycles. The van der Waals surface area contributed by atoms with E-state index in [-0.39, 0.29) is 5.54 Å². The molecule has 1 aromatic rings. The summed E-state index contributed by atoms with van der Waals surface area (Å²) in [6, 6.07) is 6.14. The van der Waals surface area contributed by atoms with Gasteiger partial charge in [0.05, 0.1) is 12.3 Å². The summed E-state index contributed by atoms with van der Waals surface area (Å²) in [5, 5.41) is 3.45. The smallest absolute Gasteiger partial charge is 0.128 e. The van der Waals surface area contributed by atoms with Gasteiger partial charge >= 0.3 is 0 Å². The molecule has 0 aliphatic rings. The van der Waals surface area contributed by atoms with Crippen LogP contribution < -0.4 is 10.2 Å². The van der Waals surface area contributed by atoms with Gasteiger partial charge in [0.1, 0.15) is 5.82 Å². The second-order valence-corrected chi connectivity index (χ2v) is 5.71. The van der Waals surface area contributed by atoms with Crippen LogP contribution in [0.25, 0.3) is 0 Å². The maximum Gasteiger partial charge on any atom is 0.128 e. The Morgan fingerprint density at radius 3 is 2.68 bits per heavy atom. The van der Waals surface area contributed by atoms with Gasteiger partial charge in [0.25, 0.3) is 0 Å². The Hall–Kier alpha value is -1.13. The van der Waals surface area contributed by atoms with Gasteiger partial charge < -0.3 is 15.0 Å². The molecule has 19 heavy (non-hydrogen) atoms. The van der Waals surface area contributed by atoms with Crippen molar-refractivity contribution in [2.75, 3.05) is 31.7 Å². The fourth-order valence-corrected chi connectivity index (χ4v) is 1.59. The molecule has 0 fully saturated rings. The maximum atomic E-state index is 5.37. The van der Waals surface area contributed by atoms with Crippen LogP contribution in [0.4, 0.5) is 5.82 Å². The molecule has 0 radical (unpaired) electrons. The average molecular weight is 265 g/mol. The number of aromatic nitrogens is 1. The maximum absolute atomic E-state index is 5.37. The highest BCUT2D eigenvalue weighted by Crippen LogP contribution is 2.10. The zero-order valence-corrected chi connectivity index (χ0v) is 12.9. The minimum atomic E-state index is 0.110. The summed E-state index contributed by atoms with van der Waals surface area (Å²) in [5.74, 6) is 0.993. The van der Waals surface area contributed by atoms with Crippen LogP contribution in [0.1, 0.15) is 33.4 Å². The molecule has 1 heterocycles. The van der Waals surface area contributed by atoms with Crippen LogP contribution in [0.15, 0.2) is 18.2 Å². The van der Waals surface area contributed by atoms with Crippen LogP contribution in [-0.4, -0.2) is 37.3 Å². The molecule has 0 aliphatic heterocycles. The summed E-state index contributed by atoms with van der Waals surface area (Å²) in [7, 11) is 2.04. The van der Waals surface area contributed by atoms with Crippen molar-refractivity contribution in [1.29, 1.82) is 0 Å². The summed E-state index contributed by atoms with van der Waals surface area (Å²) in [6.07, 6.45) is 0. The van der Waals surface area contributed by atoms with Gasteiger partial charge in [-0.2, -0.15) is 0 Å². The van der Waals surface area contributed by atoms with Crippen LogP contribution in [0, 0.1) is 0 Å². The fraction of sp³-hybridized carbons (Fsp3) is 0.667. The largest absolute Gasteiger partial charge is 0.380 e. The van der Waals surface area contributed by atoms with Crippen LogP contribution in [0.2, 0.25) is 0 Å². The van der Waals surface area contributed by atoms with E-state index < -0.39 is 0 Å². The molecule has 0 spiro atoms. The predicted octanol–water partition coefficient (Wildman–Crippen LogP) is 2.44. The quantitative estimate of drug-likeness (QED) is 0.768. The first-order chi connectivity index (χ1) is 8.92. The van der Waals surface area contributed by atoms with Crippen molar-refractivity contribution in [3.8, 4) is 0 Å². The lowest BCUT2D eigenvalue weighted by molar-refractivity contribution is 0.154. The van der Waals surface area contributed by atoms with Crippen LogP contribution in [-0.2, 0) is 11.3 Å². The first kappa shape index (κ1) is 15.9. The van der Waals surface area contributed by atoms with Gasteiger partial charge in [-0.25, -0.2) is 4.98 Å². The number of anilines is 1. The van der Waals surface area contributed by atoms with E-state index in [1.807, 2.05) is 20.0 Å². The number of rotatable bonds is 7. The Labute approximate surface area is 117 Å². The SMILES string of the molecule is CCOCCN(C)c1cccc(CNC(C)(C)C)n1. The van der Waals surface area contributed by atoms with E-state index in [2.05, 4.69) is 48.1 Å². The molecule has 1 rings (SSSR count). The highest BCUT2D eigenvalue weighted by atomic mass is 16.5. The highest BCUT2D eigenvalue weighted by Gasteiger charge is 2.09. The first-order valence-corrected chi connectivity index (χ1v) is 6.92. The molecule has 0 unspecified atom stereocenters. The van der Waals surface area contributed by atoms with Gasteiger partial charge in [0.2, 0.25) is 0 Å². The van der Waals surface area contributed by atoms with E-state index in [1.165, 1.54) is 0 Å². The first-order valence-electron chi connectivity index (χ1n) is 6.92. The van der Waals surface area contributed by atoms with Crippen molar-refractivity contribution >= 4 is 5.82 Å². The molecule has 0 bridgehead atoms. The number of hydrogen-bond donors (Lipinski definition) is 1. The van der Waals surface area contributed by atoms with E-state index in [0.717, 1.165) is 37.8 Å². The number of ether oxygens (including phenoxy) is 1. The second-order valence-electron chi connectivity index (χ2n) is 5.71. The normalized spacial score (nSPS) is 11.6. The standard InChI is InChI=1S/C15H27N3O/c1-6-19-11-10-18(5)14-9-7-8-13(17-14)12-16-15(2,3)4/h7-9,16H,6,10-12H2,1-5H3. The van der Waals surface area contributed by atoms with E-state index in [0.29, 0.717) is 0 Å². The molecule has 0 atom stereocenters. The van der Waals surface area contributed by atoms with Crippen LogP contribution in [0.5, 0.6) is 0 Å². The van der Waals surface area contributed by atoms with Gasteiger partial charge in [-0.15, -0.1) is 0 Å². The van der Waals surface area contributed by atoms with Gasteiger partial charge in [-0.1, -0.05) is 6.07 Å². The van der Waals surface area contributed by atoms with Crippen molar-refractivity contribution in [3.63, 3.8) is 0 Å². The molecule has 0 amide bonds. The van der Waals surface area contributed by atoms with Crippen LogP contribution >= 0.6 is 0 Å². The number of nitrogens with zero attached hydrogens (tertiary/aromatic N) is 2. The zero-order valence-electron chi connectivity index (χ0n) is 12.9. The van der Waals surface area contributed by atoms with Crippen molar-refractivity contribution in [2.24, 2.45) is 0 Å². The Kier molecular flexibility index (Phi) is 6.25. The average Bonchev–Trinajstić information content (AvgIpc) is 2.36. The predicted molar refractivity (Wildman–Crippen MR) is 80.6 cm³/mol. The Morgan fingerprint density at radius 1 is 1.32 bits per heavy atom. The lowest BCUT2D eigenvalue weighted by Gasteiger charge is -2.22. The lowest BCUT2D eigenvalue weighted by Crippen LogP contribution is -2.35. The molecule has 1 N–H and O–H groups in total. The Morgan fingerprint density at radius 2 is 2.05 bits per heavy atom. The summed E-state index contributed by atoms with van der Waals surface area (Å²) in [4.78, 5) is 6.78. The van der Waals surface area contributed by atoms with Gasteiger partial charge in [-0.3, -0.25) is 0 Å². The number of nitrogens with one attached hydrogen (secondary N) is 1. The lowest BCUT2D eigenvalue weighted by atomic mass is 10.1. The van der Waals surface area contributed by atoms with Crippen molar-refractivity contribution < 1.29 is 4.74 Å². The minimum absolute atomic E-state index is 0.110. The number of likely N-dealkylation sites (N-methyl/N-ethyl adjacent to an activating group) is 1. The van der Waals surface area contributed by atoms with Crippen molar-refractivity contribution in [1.82, 2.24) is 10.3 Å². The third-order valence-electron chi connectivity index (χ3n) is 2.76. The number of pyridine rings is 1. The van der Waals surface area contributed by atoms with Crippen molar-refractivity contribution in [2.45, 2.75) is 39.8 Å². The highest BCUT2D eigenvalue weighted by molar-refractivity contribution is 5.38. The molecule has 0 aliphatic carbocycles. The Balaban J connectivity index is 2.56. The molecule has 1 aromatic heterocycles. The molecule has 0 saturated carbocycles. The summed E-state index contributed by atoms with van der Waals surface area (Å²) >= 11 is 0. The van der Waals surface area contributed by atoms with E-state index in [9.17, 15) is 0 Å². The molecule has 108 valence electrons. The third kappa shape index (κ3) is 6.55. The number of hydrogen-bond acceptors (Lipinski definition) is 4. The van der Waals surface area contributed by atoms with E-state index in [1.54, 1.807) is 0 Å². The van der Waals surface area contributed by atoms with Gasteiger partial charge in [0.15, 0.2) is 0 Å². The molecular weight excluding hydrogens is 238 g/mol. The molecule has 0 aromatic carbocycles. The fourth-order valence-electron chi connectivity index (χ4n) is 1.59. The van der Waals surface area contributed by atoms with Gasteiger partial charge in [0, 0.05) is 32.3 Å². The van der Waals surface area contributed by atoms with E-state index in [4.69, 9.17) is 4.74 Å². The summed E-state index contributed by atoms with van der Waals surface area (Å²) in [6.45, 7) is 11.6. The van der Waals surface area contributed by atoms with Crippen LogP contribution in [0.3, 0.4) is 0 Å². The topological polar surface area (TPSA) is 37.4 Å². The second kappa shape index (κ2) is 7.46. The molecular formula is C15H27N3O. The monoisotopic (exact) mass is 265 g/mol. The third-order valence-corrected chi connectivity index (χ3v) is 2.76. The van der Waals surface area contributed by atoms with E-state index >= 15 is 0 Å².